The number of imidazole rings is 1. The van der Waals surface area contributed by atoms with E-state index in [1.165, 1.54) is 11.2 Å². The van der Waals surface area contributed by atoms with Gasteiger partial charge in [-0.25, -0.2) is 4.98 Å². The molecule has 3 atom stereocenters. The molecule has 0 aliphatic carbocycles. The summed E-state index contributed by atoms with van der Waals surface area (Å²) >= 11 is 0. The zero-order valence-electron chi connectivity index (χ0n) is 15.3. The van der Waals surface area contributed by atoms with Crippen LogP contribution in [-0.2, 0) is 25.6 Å². The molecule has 0 spiro atoms. The van der Waals surface area contributed by atoms with Crippen LogP contribution < -0.4 is 16.4 Å². The summed E-state index contributed by atoms with van der Waals surface area (Å²) in [5, 5.41) is 4.75. The fraction of sp³-hybridized carbons (Fsp3) is 0.588. The molecule has 4 amide bonds. The van der Waals surface area contributed by atoms with Crippen LogP contribution in [0.15, 0.2) is 12.5 Å². The van der Waals surface area contributed by atoms with E-state index in [9.17, 15) is 19.2 Å². The molecule has 10 heteroatoms. The zero-order chi connectivity index (χ0) is 19.8. The Morgan fingerprint density at radius 3 is 2.70 bits per heavy atom. The molecule has 146 valence electrons. The number of carbonyl (C=O) groups excluding carboxylic acids is 4. The van der Waals surface area contributed by atoms with Crippen LogP contribution in [0.25, 0.3) is 0 Å². The highest BCUT2D eigenvalue weighted by molar-refractivity contribution is 6.06. The van der Waals surface area contributed by atoms with Crippen molar-refractivity contribution in [3.05, 3.63) is 18.2 Å². The number of likely N-dealkylation sites (tertiary alicyclic amines) is 1. The van der Waals surface area contributed by atoms with Crippen LogP contribution in [0.3, 0.4) is 0 Å². The van der Waals surface area contributed by atoms with E-state index in [0.717, 1.165) is 0 Å². The highest BCUT2D eigenvalue weighted by Crippen LogP contribution is 2.36. The van der Waals surface area contributed by atoms with E-state index in [4.69, 9.17) is 5.73 Å². The molecule has 3 rings (SSSR count). The molecule has 2 saturated heterocycles. The third-order valence-electron chi connectivity index (χ3n) is 5.17. The minimum Gasteiger partial charge on any atom is -0.351 e. The average molecular weight is 376 g/mol. The lowest BCUT2D eigenvalue weighted by atomic mass is 9.84. The molecule has 3 heterocycles. The van der Waals surface area contributed by atoms with Gasteiger partial charge in [-0.2, -0.15) is 0 Å². The molecule has 5 N–H and O–H groups in total. The van der Waals surface area contributed by atoms with Crippen molar-refractivity contribution in [2.75, 3.05) is 6.54 Å². The van der Waals surface area contributed by atoms with Crippen molar-refractivity contribution in [3.8, 4) is 0 Å². The summed E-state index contributed by atoms with van der Waals surface area (Å²) in [5.74, 6) is -1.70. The van der Waals surface area contributed by atoms with Gasteiger partial charge in [0.2, 0.25) is 23.6 Å². The number of rotatable bonds is 5. The Bertz CT molecular complexity index is 751. The van der Waals surface area contributed by atoms with Crippen LogP contribution in [0.4, 0.5) is 0 Å². The van der Waals surface area contributed by atoms with E-state index in [0.29, 0.717) is 18.7 Å². The molecular formula is C17H24N6O4. The maximum Gasteiger partial charge on any atom is 0.249 e. The minimum absolute atomic E-state index is 0.0599. The van der Waals surface area contributed by atoms with Gasteiger partial charge in [0, 0.05) is 19.2 Å². The summed E-state index contributed by atoms with van der Waals surface area (Å²) in [6.45, 7) is 4.13. The molecule has 27 heavy (non-hydrogen) atoms. The second-order valence-corrected chi connectivity index (χ2v) is 7.72. The Labute approximate surface area is 156 Å². The Morgan fingerprint density at radius 1 is 1.41 bits per heavy atom. The van der Waals surface area contributed by atoms with Crippen molar-refractivity contribution >= 4 is 23.6 Å². The lowest BCUT2D eigenvalue weighted by molar-refractivity contribution is -0.145. The van der Waals surface area contributed by atoms with Crippen molar-refractivity contribution in [1.82, 2.24) is 25.5 Å². The van der Waals surface area contributed by atoms with Crippen LogP contribution in [0.2, 0.25) is 0 Å². The van der Waals surface area contributed by atoms with Gasteiger partial charge in [0.1, 0.15) is 12.1 Å². The molecule has 0 unspecified atom stereocenters. The second-order valence-electron chi connectivity index (χ2n) is 7.72. The number of H-pyrrole nitrogens is 1. The van der Waals surface area contributed by atoms with Crippen LogP contribution >= 0.6 is 0 Å². The number of aromatic nitrogens is 2. The van der Waals surface area contributed by atoms with Crippen molar-refractivity contribution in [3.63, 3.8) is 0 Å². The highest BCUT2D eigenvalue weighted by Gasteiger charge is 2.48. The van der Waals surface area contributed by atoms with E-state index in [-0.39, 0.29) is 24.7 Å². The average Bonchev–Trinajstić information content (AvgIpc) is 3.17. The molecule has 1 aromatic rings. The SMILES string of the molecule is CC1(C)CCN(C(=O)[C@@H](N)Cc2c[nH]cn2)[C@@H]1C(=O)NC(=O)[C@@H]1CC(=O)N1. The minimum atomic E-state index is -0.834. The summed E-state index contributed by atoms with van der Waals surface area (Å²) in [7, 11) is 0. The van der Waals surface area contributed by atoms with Gasteiger partial charge in [-0.3, -0.25) is 24.5 Å². The van der Waals surface area contributed by atoms with Crippen molar-refractivity contribution in [1.29, 1.82) is 0 Å². The normalized spacial score (nSPS) is 24.7. The monoisotopic (exact) mass is 376 g/mol. The molecule has 2 fully saturated rings. The van der Waals surface area contributed by atoms with Gasteiger partial charge in [0.05, 0.1) is 24.5 Å². The zero-order valence-corrected chi connectivity index (χ0v) is 15.3. The maximum atomic E-state index is 12.8. The smallest absolute Gasteiger partial charge is 0.249 e. The molecule has 0 aromatic carbocycles. The van der Waals surface area contributed by atoms with Crippen LogP contribution in [0.5, 0.6) is 0 Å². The first-order valence-electron chi connectivity index (χ1n) is 8.87. The van der Waals surface area contributed by atoms with Crippen LogP contribution in [0, 0.1) is 5.41 Å². The lowest BCUT2D eigenvalue weighted by Crippen LogP contribution is -2.61. The molecule has 0 bridgehead atoms. The summed E-state index contributed by atoms with van der Waals surface area (Å²) in [4.78, 5) is 57.0. The third kappa shape index (κ3) is 3.85. The number of nitrogens with zero attached hydrogens (tertiary/aromatic N) is 2. The van der Waals surface area contributed by atoms with Crippen molar-refractivity contribution in [2.24, 2.45) is 11.1 Å². The number of β-lactam (4-membered cyclic amide) rings is 1. The molecule has 2 aliphatic heterocycles. The predicted molar refractivity (Wildman–Crippen MR) is 93.9 cm³/mol. The number of hydrogen-bond donors (Lipinski definition) is 4. The van der Waals surface area contributed by atoms with E-state index in [1.54, 1.807) is 6.20 Å². The molecular weight excluding hydrogens is 352 g/mol. The summed E-state index contributed by atoms with van der Waals surface area (Å²) in [6.07, 6.45) is 4.09. The van der Waals surface area contributed by atoms with Gasteiger partial charge in [-0.15, -0.1) is 0 Å². The van der Waals surface area contributed by atoms with Gasteiger partial charge >= 0.3 is 0 Å². The van der Waals surface area contributed by atoms with Gasteiger partial charge < -0.3 is 20.9 Å². The Balaban J connectivity index is 1.68. The van der Waals surface area contributed by atoms with E-state index in [1.807, 2.05) is 13.8 Å². The second kappa shape index (κ2) is 7.10. The number of hydrogen-bond acceptors (Lipinski definition) is 6. The van der Waals surface area contributed by atoms with E-state index >= 15 is 0 Å². The number of carbonyl (C=O) groups is 4. The van der Waals surface area contributed by atoms with Gasteiger partial charge in [0.15, 0.2) is 0 Å². The Kier molecular flexibility index (Phi) is 5.01. The number of nitrogens with two attached hydrogens (primary N) is 1. The fourth-order valence-electron chi connectivity index (χ4n) is 3.55. The van der Waals surface area contributed by atoms with Gasteiger partial charge in [0.25, 0.3) is 0 Å². The van der Waals surface area contributed by atoms with Crippen LogP contribution in [0.1, 0.15) is 32.4 Å². The van der Waals surface area contributed by atoms with Crippen molar-refractivity contribution in [2.45, 2.75) is 51.2 Å². The number of aromatic amines is 1. The van der Waals surface area contributed by atoms with E-state index in [2.05, 4.69) is 20.6 Å². The predicted octanol–water partition coefficient (Wildman–Crippen LogP) is -1.56. The summed E-state index contributed by atoms with van der Waals surface area (Å²) in [5.41, 5.74) is 6.20. The number of amides is 4. The lowest BCUT2D eigenvalue weighted by Gasteiger charge is -2.33. The summed E-state index contributed by atoms with van der Waals surface area (Å²) in [6, 6.07) is -2.34. The molecule has 10 nitrogen and oxygen atoms in total. The Hall–Kier alpha value is -2.75. The first kappa shape index (κ1) is 19.0. The standard InChI is InChI=1S/C17H24N6O4/c1-17(2)3-4-23(16(27)10(18)5-9-7-19-8-20-9)13(17)15(26)22-14(25)11-6-12(24)21-11/h7-8,10-11,13H,3-6,18H2,1-2H3,(H,19,20)(H,21,24)(H,22,25,26)/t10-,11-,13+/m0/s1. The molecule has 1 aromatic heterocycles. The Morgan fingerprint density at radius 2 is 2.11 bits per heavy atom. The maximum absolute atomic E-state index is 12.8. The largest absolute Gasteiger partial charge is 0.351 e. The quantitative estimate of drug-likeness (QED) is 0.360. The van der Waals surface area contributed by atoms with Gasteiger partial charge in [-0.05, 0) is 11.8 Å². The first-order valence-corrected chi connectivity index (χ1v) is 8.87. The van der Waals surface area contributed by atoms with Crippen LogP contribution in [-0.4, -0.2) is 63.2 Å². The van der Waals surface area contributed by atoms with Crippen molar-refractivity contribution < 1.29 is 19.2 Å². The number of imide groups is 1. The van der Waals surface area contributed by atoms with Gasteiger partial charge in [-0.1, -0.05) is 13.8 Å². The fourth-order valence-corrected chi connectivity index (χ4v) is 3.55. The topological polar surface area (TPSA) is 150 Å². The summed E-state index contributed by atoms with van der Waals surface area (Å²) < 4.78 is 0. The third-order valence-corrected chi connectivity index (χ3v) is 5.17. The molecule has 2 aliphatic rings. The highest BCUT2D eigenvalue weighted by atomic mass is 16.2. The first-order chi connectivity index (χ1) is 12.7. The van der Waals surface area contributed by atoms with E-state index < -0.39 is 35.4 Å². The molecule has 0 saturated carbocycles. The number of nitrogens with one attached hydrogen (secondary N) is 3. The molecule has 0 radical (unpaired) electrons.